The fraction of sp³-hybridized carbons (Fsp3) is 0.0588. The summed E-state index contributed by atoms with van der Waals surface area (Å²) >= 11 is 3.30. The number of carbonyl (C=O) groups is 1. The van der Waals surface area contributed by atoms with Crippen molar-refractivity contribution >= 4 is 33.6 Å². The Hall–Kier alpha value is -2.78. The van der Waals surface area contributed by atoms with Crippen LogP contribution in [0.3, 0.4) is 0 Å². The first-order chi connectivity index (χ1) is 11.0. The summed E-state index contributed by atoms with van der Waals surface area (Å²) in [6.07, 6.45) is 1.31. The van der Waals surface area contributed by atoms with Crippen molar-refractivity contribution in [1.82, 2.24) is 0 Å². The van der Waals surface area contributed by atoms with Crippen LogP contribution in [0.25, 0.3) is 6.08 Å². The number of phenols is 1. The van der Waals surface area contributed by atoms with E-state index in [1.54, 1.807) is 36.4 Å². The number of nitrogens with one attached hydrogen (secondary N) is 1. The first kappa shape index (κ1) is 16.6. The highest BCUT2D eigenvalue weighted by molar-refractivity contribution is 9.10. The Bertz CT molecular complexity index is 792. The summed E-state index contributed by atoms with van der Waals surface area (Å²) in [6, 6.07) is 13.4. The van der Waals surface area contributed by atoms with Crippen LogP contribution in [0.4, 0.5) is 5.69 Å². The fourth-order valence-corrected chi connectivity index (χ4v) is 2.08. The van der Waals surface area contributed by atoms with Crippen LogP contribution in [0.15, 0.2) is 52.5 Å². The smallest absolute Gasteiger partial charge is 0.266 e. The highest BCUT2D eigenvalue weighted by Crippen LogP contribution is 2.25. The average molecular weight is 373 g/mol. The molecular weight excluding hydrogens is 360 g/mol. The number of halogens is 1. The minimum atomic E-state index is -0.558. The van der Waals surface area contributed by atoms with E-state index in [4.69, 9.17) is 4.74 Å². The Morgan fingerprint density at radius 1 is 1.30 bits per heavy atom. The number of hydrogen-bond donors (Lipinski definition) is 2. The summed E-state index contributed by atoms with van der Waals surface area (Å²) in [6.45, 7) is 0. The van der Waals surface area contributed by atoms with Crippen LogP contribution in [0.2, 0.25) is 0 Å². The van der Waals surface area contributed by atoms with Gasteiger partial charge in [-0.1, -0.05) is 15.9 Å². The minimum absolute atomic E-state index is 0.0463. The number of hydrogen-bond acceptors (Lipinski definition) is 4. The van der Waals surface area contributed by atoms with Gasteiger partial charge in [0.25, 0.3) is 5.91 Å². The Morgan fingerprint density at radius 2 is 2.00 bits per heavy atom. The van der Waals surface area contributed by atoms with Gasteiger partial charge in [0.15, 0.2) is 0 Å². The van der Waals surface area contributed by atoms with E-state index in [9.17, 15) is 15.2 Å². The molecular formula is C17H13BrN2O3. The average Bonchev–Trinajstić information content (AvgIpc) is 2.56. The van der Waals surface area contributed by atoms with Crippen molar-refractivity contribution in [2.75, 3.05) is 12.4 Å². The molecule has 2 N–H and O–H groups in total. The Labute approximate surface area is 142 Å². The minimum Gasteiger partial charge on any atom is -0.507 e. The van der Waals surface area contributed by atoms with Crippen LogP contribution < -0.4 is 10.1 Å². The van der Waals surface area contributed by atoms with E-state index in [0.29, 0.717) is 17.0 Å². The Kier molecular flexibility index (Phi) is 5.39. The Balaban J connectivity index is 2.26. The second kappa shape index (κ2) is 7.47. The van der Waals surface area contributed by atoms with Gasteiger partial charge in [-0.3, -0.25) is 4.79 Å². The maximum atomic E-state index is 12.2. The zero-order valence-electron chi connectivity index (χ0n) is 12.2. The van der Waals surface area contributed by atoms with Crippen molar-refractivity contribution in [3.05, 3.63) is 58.1 Å². The number of nitriles is 1. The molecule has 0 aromatic heterocycles. The largest absolute Gasteiger partial charge is 0.507 e. The SMILES string of the molecule is COc1ccc(O)c(C=C(C#N)C(=O)Nc2ccc(Br)cc2)c1. The van der Waals surface area contributed by atoms with Gasteiger partial charge in [0, 0.05) is 15.7 Å². The maximum absolute atomic E-state index is 12.2. The summed E-state index contributed by atoms with van der Waals surface area (Å²) in [5.41, 5.74) is 0.762. The molecule has 0 fully saturated rings. The molecule has 6 heteroatoms. The van der Waals surface area contributed by atoms with Crippen molar-refractivity contribution in [1.29, 1.82) is 5.26 Å². The topological polar surface area (TPSA) is 82.3 Å². The quantitative estimate of drug-likeness (QED) is 0.632. The van der Waals surface area contributed by atoms with Gasteiger partial charge in [-0.15, -0.1) is 0 Å². The van der Waals surface area contributed by atoms with Crippen LogP contribution in [0.1, 0.15) is 5.56 Å². The molecule has 0 saturated carbocycles. The van der Waals surface area contributed by atoms with Crippen LogP contribution >= 0.6 is 15.9 Å². The third kappa shape index (κ3) is 4.34. The number of benzene rings is 2. The third-order valence-electron chi connectivity index (χ3n) is 3.00. The van der Waals surface area contributed by atoms with Gasteiger partial charge in [0.05, 0.1) is 7.11 Å². The van der Waals surface area contributed by atoms with E-state index >= 15 is 0 Å². The number of rotatable bonds is 4. The lowest BCUT2D eigenvalue weighted by atomic mass is 10.1. The molecule has 0 saturated heterocycles. The number of anilines is 1. The summed E-state index contributed by atoms with van der Waals surface area (Å²) in [4.78, 5) is 12.2. The van der Waals surface area contributed by atoms with Crippen molar-refractivity contribution in [3.63, 3.8) is 0 Å². The van der Waals surface area contributed by atoms with Crippen molar-refractivity contribution in [3.8, 4) is 17.6 Å². The molecule has 0 aliphatic rings. The molecule has 2 aromatic carbocycles. The molecule has 0 aliphatic heterocycles. The number of methoxy groups -OCH3 is 1. The monoisotopic (exact) mass is 372 g/mol. The van der Waals surface area contributed by atoms with E-state index in [1.807, 2.05) is 6.07 Å². The number of aromatic hydroxyl groups is 1. The maximum Gasteiger partial charge on any atom is 0.266 e. The van der Waals surface area contributed by atoms with E-state index in [0.717, 1.165) is 4.47 Å². The van der Waals surface area contributed by atoms with Crippen LogP contribution in [0.5, 0.6) is 11.5 Å². The number of ether oxygens (including phenoxy) is 1. The summed E-state index contributed by atoms with van der Waals surface area (Å²) in [7, 11) is 1.49. The molecule has 0 bridgehead atoms. The van der Waals surface area contributed by atoms with E-state index in [-0.39, 0.29) is 11.3 Å². The normalized spacial score (nSPS) is 10.7. The van der Waals surface area contributed by atoms with Crippen LogP contribution in [-0.2, 0) is 4.79 Å². The third-order valence-corrected chi connectivity index (χ3v) is 3.53. The van der Waals surface area contributed by atoms with E-state index < -0.39 is 5.91 Å². The lowest BCUT2D eigenvalue weighted by molar-refractivity contribution is -0.112. The fourth-order valence-electron chi connectivity index (χ4n) is 1.81. The van der Waals surface area contributed by atoms with Crippen LogP contribution in [-0.4, -0.2) is 18.1 Å². The molecule has 2 aromatic rings. The first-order valence-corrected chi connectivity index (χ1v) is 7.38. The molecule has 116 valence electrons. The van der Waals surface area contributed by atoms with Gasteiger partial charge in [0.1, 0.15) is 23.1 Å². The van der Waals surface area contributed by atoms with E-state index in [1.165, 1.54) is 19.3 Å². The predicted octanol–water partition coefficient (Wildman–Crippen LogP) is 3.71. The van der Waals surface area contributed by atoms with Gasteiger partial charge in [-0.2, -0.15) is 5.26 Å². The molecule has 2 rings (SSSR count). The predicted molar refractivity (Wildman–Crippen MR) is 91.0 cm³/mol. The molecule has 5 nitrogen and oxygen atoms in total. The van der Waals surface area contributed by atoms with E-state index in [2.05, 4.69) is 21.2 Å². The molecule has 0 atom stereocenters. The standard InChI is InChI=1S/C17H13BrN2O3/c1-23-15-6-7-16(21)11(9-15)8-12(10-19)17(22)20-14-4-2-13(18)3-5-14/h2-9,21H,1H3,(H,20,22). The number of nitrogens with zero attached hydrogens (tertiary/aromatic N) is 1. The van der Waals surface area contributed by atoms with Gasteiger partial charge in [0.2, 0.25) is 0 Å². The van der Waals surface area contributed by atoms with Crippen molar-refractivity contribution < 1.29 is 14.6 Å². The van der Waals surface area contributed by atoms with Gasteiger partial charge >= 0.3 is 0 Å². The zero-order chi connectivity index (χ0) is 16.8. The summed E-state index contributed by atoms with van der Waals surface area (Å²) in [5.74, 6) is -0.0910. The second-order valence-corrected chi connectivity index (χ2v) is 5.47. The second-order valence-electron chi connectivity index (χ2n) is 4.56. The molecule has 0 spiro atoms. The van der Waals surface area contributed by atoms with Gasteiger partial charge in [-0.25, -0.2) is 0 Å². The van der Waals surface area contributed by atoms with Crippen molar-refractivity contribution in [2.24, 2.45) is 0 Å². The number of carbonyl (C=O) groups excluding carboxylic acids is 1. The van der Waals surface area contributed by atoms with Gasteiger partial charge < -0.3 is 15.2 Å². The lowest BCUT2D eigenvalue weighted by Crippen LogP contribution is -2.13. The Morgan fingerprint density at radius 3 is 2.61 bits per heavy atom. The molecule has 0 unspecified atom stereocenters. The zero-order valence-corrected chi connectivity index (χ0v) is 13.8. The molecule has 1 amide bonds. The number of amides is 1. The summed E-state index contributed by atoms with van der Waals surface area (Å²) < 4.78 is 5.95. The van der Waals surface area contributed by atoms with Crippen molar-refractivity contribution in [2.45, 2.75) is 0 Å². The molecule has 23 heavy (non-hydrogen) atoms. The molecule has 0 radical (unpaired) electrons. The van der Waals surface area contributed by atoms with Gasteiger partial charge in [-0.05, 0) is 48.5 Å². The molecule has 0 heterocycles. The molecule has 0 aliphatic carbocycles. The highest BCUT2D eigenvalue weighted by Gasteiger charge is 2.11. The first-order valence-electron chi connectivity index (χ1n) is 6.59. The van der Waals surface area contributed by atoms with Crippen LogP contribution in [0, 0.1) is 11.3 Å². The lowest BCUT2D eigenvalue weighted by Gasteiger charge is -2.06. The highest BCUT2D eigenvalue weighted by atomic mass is 79.9. The number of phenolic OH excluding ortho intramolecular Hbond substituents is 1. The summed E-state index contributed by atoms with van der Waals surface area (Å²) in [5, 5.41) is 21.7.